The highest BCUT2D eigenvalue weighted by Crippen LogP contribution is 2.16. The highest BCUT2D eigenvalue weighted by atomic mass is 32.2. The first-order valence-corrected chi connectivity index (χ1v) is 6.94. The fourth-order valence-electron chi connectivity index (χ4n) is 1.57. The Morgan fingerprint density at radius 1 is 1.33 bits per heavy atom. The minimum Gasteiger partial charge on any atom is -0.355 e. The van der Waals surface area contributed by atoms with Gasteiger partial charge in [-0.05, 0) is 24.3 Å². The minimum atomic E-state index is 0.0936. The molecule has 0 unspecified atom stereocenters. The van der Waals surface area contributed by atoms with E-state index in [1.807, 2.05) is 25.6 Å². The lowest BCUT2D eigenvalue weighted by Gasteiger charge is -2.22. The van der Waals surface area contributed by atoms with E-state index in [4.69, 9.17) is 0 Å². The SMILES string of the molecule is CC(C)C(=O)NCCNC1CCSCC1. The molecule has 0 radical (unpaired) electrons. The number of hydrogen-bond donors (Lipinski definition) is 2. The summed E-state index contributed by atoms with van der Waals surface area (Å²) >= 11 is 2.04. The number of thioether (sulfide) groups is 1. The Hall–Kier alpha value is -0.220. The zero-order valence-electron chi connectivity index (χ0n) is 9.71. The highest BCUT2D eigenvalue weighted by molar-refractivity contribution is 7.99. The molecular formula is C11H22N2OS. The van der Waals surface area contributed by atoms with Crippen molar-refractivity contribution in [1.82, 2.24) is 10.6 Å². The molecule has 0 spiro atoms. The monoisotopic (exact) mass is 230 g/mol. The van der Waals surface area contributed by atoms with E-state index in [0.717, 1.165) is 13.1 Å². The smallest absolute Gasteiger partial charge is 0.222 e. The second-order valence-corrected chi connectivity index (χ2v) is 5.51. The van der Waals surface area contributed by atoms with Crippen molar-refractivity contribution in [3.05, 3.63) is 0 Å². The third-order valence-electron chi connectivity index (χ3n) is 2.60. The van der Waals surface area contributed by atoms with E-state index in [1.165, 1.54) is 24.3 Å². The van der Waals surface area contributed by atoms with Gasteiger partial charge in [-0.1, -0.05) is 13.8 Å². The number of nitrogens with one attached hydrogen (secondary N) is 2. The van der Waals surface area contributed by atoms with Crippen LogP contribution >= 0.6 is 11.8 Å². The van der Waals surface area contributed by atoms with E-state index >= 15 is 0 Å². The molecule has 0 aliphatic carbocycles. The molecule has 0 aromatic carbocycles. The van der Waals surface area contributed by atoms with Gasteiger partial charge in [-0.15, -0.1) is 0 Å². The molecule has 1 aliphatic heterocycles. The van der Waals surface area contributed by atoms with E-state index in [1.54, 1.807) is 0 Å². The van der Waals surface area contributed by atoms with Crippen LogP contribution in [0.25, 0.3) is 0 Å². The molecular weight excluding hydrogens is 208 g/mol. The fourth-order valence-corrected chi connectivity index (χ4v) is 2.67. The molecule has 1 heterocycles. The van der Waals surface area contributed by atoms with Gasteiger partial charge < -0.3 is 10.6 Å². The van der Waals surface area contributed by atoms with E-state index in [-0.39, 0.29) is 11.8 Å². The van der Waals surface area contributed by atoms with Crippen molar-refractivity contribution in [2.45, 2.75) is 32.7 Å². The van der Waals surface area contributed by atoms with E-state index in [9.17, 15) is 4.79 Å². The molecule has 1 saturated heterocycles. The second kappa shape index (κ2) is 7.12. The first-order valence-electron chi connectivity index (χ1n) is 5.79. The van der Waals surface area contributed by atoms with Gasteiger partial charge in [-0.25, -0.2) is 0 Å². The summed E-state index contributed by atoms with van der Waals surface area (Å²) in [5.41, 5.74) is 0. The van der Waals surface area contributed by atoms with Crippen molar-refractivity contribution in [3.8, 4) is 0 Å². The molecule has 0 atom stereocenters. The summed E-state index contributed by atoms with van der Waals surface area (Å²) in [6, 6.07) is 0.669. The van der Waals surface area contributed by atoms with Gasteiger partial charge in [0.2, 0.25) is 5.91 Å². The quantitative estimate of drug-likeness (QED) is 0.698. The number of carbonyl (C=O) groups is 1. The topological polar surface area (TPSA) is 41.1 Å². The molecule has 1 rings (SSSR count). The summed E-state index contributed by atoms with van der Waals surface area (Å²) in [5, 5.41) is 6.40. The van der Waals surface area contributed by atoms with Crippen LogP contribution in [0.2, 0.25) is 0 Å². The Kier molecular flexibility index (Phi) is 6.10. The van der Waals surface area contributed by atoms with Gasteiger partial charge in [0.1, 0.15) is 0 Å². The standard InChI is InChI=1S/C11H22N2OS/c1-9(2)11(14)13-6-5-12-10-3-7-15-8-4-10/h9-10,12H,3-8H2,1-2H3,(H,13,14). The second-order valence-electron chi connectivity index (χ2n) is 4.29. The lowest BCUT2D eigenvalue weighted by molar-refractivity contribution is -0.123. The average Bonchev–Trinajstić information content (AvgIpc) is 2.25. The van der Waals surface area contributed by atoms with Crippen molar-refractivity contribution in [2.75, 3.05) is 24.6 Å². The van der Waals surface area contributed by atoms with Crippen molar-refractivity contribution in [1.29, 1.82) is 0 Å². The Morgan fingerprint density at radius 3 is 2.60 bits per heavy atom. The van der Waals surface area contributed by atoms with Gasteiger partial charge in [0, 0.05) is 25.0 Å². The van der Waals surface area contributed by atoms with Crippen LogP contribution in [0, 0.1) is 5.92 Å². The first-order chi connectivity index (χ1) is 7.20. The Labute approximate surface area is 96.8 Å². The van der Waals surface area contributed by atoms with Gasteiger partial charge in [-0.2, -0.15) is 11.8 Å². The molecule has 3 nitrogen and oxygen atoms in total. The van der Waals surface area contributed by atoms with Gasteiger partial charge in [-0.3, -0.25) is 4.79 Å². The zero-order chi connectivity index (χ0) is 11.1. The Morgan fingerprint density at radius 2 is 2.00 bits per heavy atom. The Bertz CT molecular complexity index is 191. The van der Waals surface area contributed by atoms with Crippen molar-refractivity contribution >= 4 is 17.7 Å². The predicted molar refractivity (Wildman–Crippen MR) is 66.2 cm³/mol. The maximum Gasteiger partial charge on any atom is 0.222 e. The van der Waals surface area contributed by atoms with Gasteiger partial charge in [0.05, 0.1) is 0 Å². The van der Waals surface area contributed by atoms with E-state index < -0.39 is 0 Å². The average molecular weight is 230 g/mol. The van der Waals surface area contributed by atoms with Gasteiger partial charge >= 0.3 is 0 Å². The molecule has 0 aromatic heterocycles. The van der Waals surface area contributed by atoms with Crippen LogP contribution in [-0.2, 0) is 4.79 Å². The third kappa shape index (κ3) is 5.42. The van der Waals surface area contributed by atoms with Crippen molar-refractivity contribution in [3.63, 3.8) is 0 Å². The van der Waals surface area contributed by atoms with E-state index in [0.29, 0.717) is 6.04 Å². The number of rotatable bonds is 5. The molecule has 15 heavy (non-hydrogen) atoms. The normalized spacial score (nSPS) is 18.1. The van der Waals surface area contributed by atoms with Crippen LogP contribution in [-0.4, -0.2) is 36.5 Å². The molecule has 0 saturated carbocycles. The van der Waals surface area contributed by atoms with Crippen LogP contribution < -0.4 is 10.6 Å². The third-order valence-corrected chi connectivity index (χ3v) is 3.65. The maximum atomic E-state index is 11.3. The lowest BCUT2D eigenvalue weighted by Crippen LogP contribution is -2.39. The van der Waals surface area contributed by atoms with Crippen LogP contribution in [0.1, 0.15) is 26.7 Å². The molecule has 4 heteroatoms. The number of carbonyl (C=O) groups excluding carboxylic acids is 1. The summed E-state index contributed by atoms with van der Waals surface area (Å²) in [6.45, 7) is 5.48. The predicted octanol–water partition coefficient (Wildman–Crippen LogP) is 1.24. The minimum absolute atomic E-state index is 0.0936. The Balaban J connectivity index is 1.98. The van der Waals surface area contributed by atoms with Gasteiger partial charge in [0.15, 0.2) is 0 Å². The molecule has 88 valence electrons. The first kappa shape index (κ1) is 12.8. The van der Waals surface area contributed by atoms with Gasteiger partial charge in [0.25, 0.3) is 0 Å². The largest absolute Gasteiger partial charge is 0.355 e. The van der Waals surface area contributed by atoms with Crippen molar-refractivity contribution < 1.29 is 4.79 Å². The van der Waals surface area contributed by atoms with Crippen LogP contribution in [0.3, 0.4) is 0 Å². The summed E-state index contributed by atoms with van der Waals surface area (Å²) in [5.74, 6) is 2.79. The molecule has 1 amide bonds. The summed E-state index contributed by atoms with van der Waals surface area (Å²) < 4.78 is 0. The summed E-state index contributed by atoms with van der Waals surface area (Å²) in [6.07, 6.45) is 2.53. The van der Waals surface area contributed by atoms with Crippen LogP contribution in [0.5, 0.6) is 0 Å². The molecule has 0 bridgehead atoms. The fraction of sp³-hybridized carbons (Fsp3) is 0.909. The maximum absolute atomic E-state index is 11.3. The van der Waals surface area contributed by atoms with Crippen LogP contribution in [0.4, 0.5) is 0 Å². The molecule has 2 N–H and O–H groups in total. The van der Waals surface area contributed by atoms with Crippen molar-refractivity contribution in [2.24, 2.45) is 5.92 Å². The molecule has 1 aliphatic rings. The summed E-state index contributed by atoms with van der Waals surface area (Å²) in [7, 11) is 0. The van der Waals surface area contributed by atoms with E-state index in [2.05, 4.69) is 10.6 Å². The summed E-state index contributed by atoms with van der Waals surface area (Å²) in [4.78, 5) is 11.3. The number of amides is 1. The lowest BCUT2D eigenvalue weighted by atomic mass is 10.1. The van der Waals surface area contributed by atoms with Crippen LogP contribution in [0.15, 0.2) is 0 Å². The highest BCUT2D eigenvalue weighted by Gasteiger charge is 2.12. The zero-order valence-corrected chi connectivity index (χ0v) is 10.5. The molecule has 1 fully saturated rings. The molecule has 0 aromatic rings. The number of hydrogen-bond acceptors (Lipinski definition) is 3.